The number of aryl methyl sites for hydroxylation is 1. The molecule has 1 aromatic heterocycles. The lowest BCUT2D eigenvalue weighted by Gasteiger charge is -2.19. The van der Waals surface area contributed by atoms with Gasteiger partial charge in [-0.3, -0.25) is 4.68 Å². The molecule has 0 fully saturated rings. The van der Waals surface area contributed by atoms with Crippen molar-refractivity contribution in [2.24, 2.45) is 7.05 Å². The van der Waals surface area contributed by atoms with E-state index in [1.165, 1.54) is 0 Å². The second-order valence-corrected chi connectivity index (χ2v) is 4.56. The fourth-order valence-electron chi connectivity index (χ4n) is 1.80. The molecule has 0 atom stereocenters. The lowest BCUT2D eigenvalue weighted by Crippen LogP contribution is -2.16. The number of hydrogen-bond donors (Lipinski definition) is 0. The van der Waals surface area contributed by atoms with E-state index in [1.54, 1.807) is 16.8 Å². The molecule has 0 aliphatic rings. The fourth-order valence-corrected chi connectivity index (χ4v) is 2.12. The van der Waals surface area contributed by atoms with Crippen molar-refractivity contribution in [1.29, 1.82) is 5.26 Å². The average Bonchev–Trinajstić information content (AvgIpc) is 2.74. The monoisotopic (exact) mass is 260 g/mol. The normalized spacial score (nSPS) is 10.1. The second-order valence-electron chi connectivity index (χ2n) is 4.16. The van der Waals surface area contributed by atoms with Gasteiger partial charge in [-0.05, 0) is 18.2 Å². The lowest BCUT2D eigenvalue weighted by atomic mass is 10.2. The van der Waals surface area contributed by atoms with Crippen molar-refractivity contribution < 1.29 is 0 Å². The van der Waals surface area contributed by atoms with Crippen LogP contribution in [0.15, 0.2) is 30.6 Å². The summed E-state index contributed by atoms with van der Waals surface area (Å²) in [6.07, 6.45) is 3.79. The first-order valence-electron chi connectivity index (χ1n) is 5.48. The molecule has 1 aromatic carbocycles. The highest BCUT2D eigenvalue weighted by molar-refractivity contribution is 6.33. The van der Waals surface area contributed by atoms with Gasteiger partial charge in [0.2, 0.25) is 0 Å². The molecule has 18 heavy (non-hydrogen) atoms. The third-order valence-corrected chi connectivity index (χ3v) is 2.97. The van der Waals surface area contributed by atoms with E-state index in [9.17, 15) is 0 Å². The Morgan fingerprint density at radius 1 is 1.50 bits per heavy atom. The Bertz CT molecular complexity index is 597. The summed E-state index contributed by atoms with van der Waals surface area (Å²) in [6, 6.07) is 7.37. The van der Waals surface area contributed by atoms with Crippen molar-refractivity contribution >= 4 is 17.3 Å². The first-order valence-corrected chi connectivity index (χ1v) is 5.86. The third-order valence-electron chi connectivity index (χ3n) is 2.67. The number of benzene rings is 1. The molecule has 0 aliphatic carbocycles. The molecule has 2 rings (SSSR count). The average molecular weight is 261 g/mol. The number of hydrogen-bond acceptors (Lipinski definition) is 3. The highest BCUT2D eigenvalue weighted by atomic mass is 35.5. The smallest absolute Gasteiger partial charge is 0.0992 e. The maximum absolute atomic E-state index is 8.80. The Kier molecular flexibility index (Phi) is 3.54. The molecule has 0 N–H and O–H groups in total. The number of aromatic nitrogens is 2. The number of nitriles is 1. The SMILES string of the molecule is CN(Cc1cnn(C)c1)c1ccc(C#N)cc1Cl. The molecular weight excluding hydrogens is 248 g/mol. The van der Waals surface area contributed by atoms with Gasteiger partial charge in [0.1, 0.15) is 0 Å². The van der Waals surface area contributed by atoms with Crippen LogP contribution in [0.25, 0.3) is 0 Å². The van der Waals surface area contributed by atoms with Crippen LogP contribution in [0.3, 0.4) is 0 Å². The van der Waals surface area contributed by atoms with Crippen molar-refractivity contribution in [2.75, 3.05) is 11.9 Å². The van der Waals surface area contributed by atoms with Gasteiger partial charge >= 0.3 is 0 Å². The van der Waals surface area contributed by atoms with E-state index < -0.39 is 0 Å². The number of nitrogens with zero attached hydrogens (tertiary/aromatic N) is 4. The summed E-state index contributed by atoms with van der Waals surface area (Å²) >= 11 is 6.16. The van der Waals surface area contributed by atoms with Crippen molar-refractivity contribution in [3.8, 4) is 6.07 Å². The van der Waals surface area contributed by atoms with Crippen LogP contribution in [0.5, 0.6) is 0 Å². The van der Waals surface area contributed by atoms with Crippen LogP contribution >= 0.6 is 11.6 Å². The summed E-state index contributed by atoms with van der Waals surface area (Å²) < 4.78 is 1.77. The van der Waals surface area contributed by atoms with E-state index in [0.717, 1.165) is 17.8 Å². The molecule has 0 saturated carbocycles. The molecule has 1 heterocycles. The maximum Gasteiger partial charge on any atom is 0.0992 e. The van der Waals surface area contributed by atoms with Crippen molar-refractivity contribution in [2.45, 2.75) is 6.54 Å². The maximum atomic E-state index is 8.80. The largest absolute Gasteiger partial charge is 0.369 e. The molecule has 0 spiro atoms. The highest BCUT2D eigenvalue weighted by Gasteiger charge is 2.08. The van der Waals surface area contributed by atoms with E-state index in [0.29, 0.717) is 10.6 Å². The first-order chi connectivity index (χ1) is 8.60. The van der Waals surface area contributed by atoms with E-state index in [4.69, 9.17) is 16.9 Å². The molecule has 92 valence electrons. The van der Waals surface area contributed by atoms with Crippen LogP contribution in [-0.4, -0.2) is 16.8 Å². The Morgan fingerprint density at radius 3 is 2.83 bits per heavy atom. The van der Waals surface area contributed by atoms with Crippen molar-refractivity contribution in [3.63, 3.8) is 0 Å². The Balaban J connectivity index is 2.19. The van der Waals surface area contributed by atoms with E-state index >= 15 is 0 Å². The first kappa shape index (κ1) is 12.5. The molecule has 0 radical (unpaired) electrons. The van der Waals surface area contributed by atoms with Gasteiger partial charge in [0.15, 0.2) is 0 Å². The summed E-state index contributed by atoms with van der Waals surface area (Å²) in [5.74, 6) is 0. The Labute approximate surface area is 111 Å². The van der Waals surface area contributed by atoms with Gasteiger partial charge in [-0.1, -0.05) is 11.6 Å². The van der Waals surface area contributed by atoms with E-state index in [-0.39, 0.29) is 0 Å². The molecule has 0 bridgehead atoms. The summed E-state index contributed by atoms with van der Waals surface area (Å²) in [4.78, 5) is 2.03. The standard InChI is InChI=1S/C13H13ClN4/c1-17(8-11-7-16-18(2)9-11)13-4-3-10(6-15)5-12(13)14/h3-5,7,9H,8H2,1-2H3. The van der Waals surface area contributed by atoms with Crippen molar-refractivity contribution in [1.82, 2.24) is 9.78 Å². The molecule has 4 nitrogen and oxygen atoms in total. The van der Waals surface area contributed by atoms with Crippen LogP contribution in [0.1, 0.15) is 11.1 Å². The third kappa shape index (κ3) is 2.63. The Morgan fingerprint density at radius 2 is 2.28 bits per heavy atom. The summed E-state index contributed by atoms with van der Waals surface area (Å²) in [5.41, 5.74) is 2.58. The number of anilines is 1. The number of halogens is 1. The van der Waals surface area contributed by atoms with Gasteiger partial charge in [-0.15, -0.1) is 0 Å². The van der Waals surface area contributed by atoms with Gasteiger partial charge in [-0.2, -0.15) is 10.4 Å². The topological polar surface area (TPSA) is 44.9 Å². The van der Waals surface area contributed by atoms with Crippen LogP contribution in [-0.2, 0) is 13.6 Å². The molecule has 0 aliphatic heterocycles. The zero-order chi connectivity index (χ0) is 13.1. The molecule has 2 aromatic rings. The van der Waals surface area contributed by atoms with Gasteiger partial charge in [-0.25, -0.2) is 0 Å². The van der Waals surface area contributed by atoms with Crippen LogP contribution in [0.2, 0.25) is 5.02 Å². The predicted molar refractivity (Wildman–Crippen MR) is 71.5 cm³/mol. The molecular formula is C13H13ClN4. The number of rotatable bonds is 3. The second kappa shape index (κ2) is 5.11. The summed E-state index contributed by atoms with van der Waals surface area (Å²) in [7, 11) is 3.85. The van der Waals surface area contributed by atoms with Gasteiger partial charge < -0.3 is 4.90 Å². The van der Waals surface area contributed by atoms with Crippen LogP contribution in [0, 0.1) is 11.3 Å². The van der Waals surface area contributed by atoms with E-state index in [1.807, 2.05) is 37.5 Å². The van der Waals surface area contributed by atoms with E-state index in [2.05, 4.69) is 11.2 Å². The zero-order valence-corrected chi connectivity index (χ0v) is 11.0. The van der Waals surface area contributed by atoms with Crippen LogP contribution < -0.4 is 4.90 Å². The molecule has 0 saturated heterocycles. The minimum Gasteiger partial charge on any atom is -0.369 e. The zero-order valence-electron chi connectivity index (χ0n) is 10.3. The minimum atomic E-state index is 0.568. The molecule has 0 unspecified atom stereocenters. The minimum absolute atomic E-state index is 0.568. The predicted octanol–water partition coefficient (Wildman–Crippen LogP) is 2.58. The van der Waals surface area contributed by atoms with Crippen molar-refractivity contribution in [3.05, 3.63) is 46.7 Å². The summed E-state index contributed by atoms with van der Waals surface area (Å²) in [6.45, 7) is 0.722. The quantitative estimate of drug-likeness (QED) is 0.852. The van der Waals surface area contributed by atoms with Gasteiger partial charge in [0.05, 0.1) is 28.5 Å². The van der Waals surface area contributed by atoms with Gasteiger partial charge in [0, 0.05) is 32.4 Å². The fraction of sp³-hybridized carbons (Fsp3) is 0.231. The van der Waals surface area contributed by atoms with Crippen LogP contribution in [0.4, 0.5) is 5.69 Å². The van der Waals surface area contributed by atoms with Gasteiger partial charge in [0.25, 0.3) is 0 Å². The summed E-state index contributed by atoms with van der Waals surface area (Å²) in [5, 5.41) is 13.5. The molecule has 5 heteroatoms. The Hall–Kier alpha value is -1.99. The highest BCUT2D eigenvalue weighted by Crippen LogP contribution is 2.26. The molecule has 0 amide bonds. The lowest BCUT2D eigenvalue weighted by molar-refractivity contribution is 0.766.